The van der Waals surface area contributed by atoms with E-state index in [1.165, 1.54) is 0 Å². The highest BCUT2D eigenvalue weighted by molar-refractivity contribution is 6.20. The van der Waals surface area contributed by atoms with Gasteiger partial charge < -0.3 is 4.90 Å². The van der Waals surface area contributed by atoms with Crippen LogP contribution in [-0.4, -0.2) is 39.2 Å². The fourth-order valence-electron chi connectivity index (χ4n) is 1.62. The standard InChI is InChI=1S/C11H14ClN5/c1-9(12)8-16(2)11-13-14-15-17(11)10-6-4-3-5-7-10/h3-7,9H,8H2,1-2H3. The molecule has 1 atom stereocenters. The number of tetrazole rings is 1. The van der Waals surface area contributed by atoms with Crippen molar-refractivity contribution in [3.8, 4) is 5.69 Å². The topological polar surface area (TPSA) is 46.8 Å². The van der Waals surface area contributed by atoms with Crippen molar-refractivity contribution in [2.75, 3.05) is 18.5 Å². The van der Waals surface area contributed by atoms with E-state index >= 15 is 0 Å². The van der Waals surface area contributed by atoms with E-state index in [9.17, 15) is 0 Å². The summed E-state index contributed by atoms with van der Waals surface area (Å²) in [6, 6.07) is 9.77. The third-order valence-corrected chi connectivity index (χ3v) is 2.46. The predicted molar refractivity (Wildman–Crippen MR) is 67.7 cm³/mol. The maximum absolute atomic E-state index is 5.97. The lowest BCUT2D eigenvalue weighted by Gasteiger charge is -2.18. The highest BCUT2D eigenvalue weighted by Gasteiger charge is 2.13. The minimum absolute atomic E-state index is 0.0425. The number of nitrogens with zero attached hydrogens (tertiary/aromatic N) is 5. The number of benzene rings is 1. The largest absolute Gasteiger partial charge is 0.341 e. The number of para-hydroxylation sites is 1. The van der Waals surface area contributed by atoms with Crippen LogP contribution in [0, 0.1) is 0 Å². The van der Waals surface area contributed by atoms with E-state index in [-0.39, 0.29) is 5.38 Å². The van der Waals surface area contributed by atoms with E-state index in [2.05, 4.69) is 15.5 Å². The summed E-state index contributed by atoms with van der Waals surface area (Å²) in [6.07, 6.45) is 0. The first-order valence-corrected chi connectivity index (χ1v) is 5.81. The summed E-state index contributed by atoms with van der Waals surface area (Å²) in [7, 11) is 1.92. The Hall–Kier alpha value is -1.62. The van der Waals surface area contributed by atoms with E-state index in [1.807, 2.05) is 49.2 Å². The molecule has 0 radical (unpaired) electrons. The molecule has 5 nitrogen and oxygen atoms in total. The highest BCUT2D eigenvalue weighted by atomic mass is 35.5. The number of alkyl halides is 1. The molecule has 6 heteroatoms. The van der Waals surface area contributed by atoms with E-state index < -0.39 is 0 Å². The summed E-state index contributed by atoms with van der Waals surface area (Å²) >= 11 is 5.97. The van der Waals surface area contributed by atoms with Crippen LogP contribution >= 0.6 is 11.6 Å². The van der Waals surface area contributed by atoms with Gasteiger partial charge in [-0.25, -0.2) is 0 Å². The fraction of sp³-hybridized carbons (Fsp3) is 0.364. The molecule has 1 aromatic heterocycles. The zero-order valence-corrected chi connectivity index (χ0v) is 10.5. The Morgan fingerprint density at radius 3 is 2.71 bits per heavy atom. The molecule has 0 aliphatic heterocycles. The lowest BCUT2D eigenvalue weighted by Crippen LogP contribution is -2.27. The van der Waals surface area contributed by atoms with Crippen molar-refractivity contribution < 1.29 is 0 Å². The molecule has 0 aliphatic carbocycles. The minimum Gasteiger partial charge on any atom is -0.341 e. The summed E-state index contributed by atoms with van der Waals surface area (Å²) < 4.78 is 1.69. The second kappa shape index (κ2) is 5.14. The van der Waals surface area contributed by atoms with Gasteiger partial charge in [0.25, 0.3) is 0 Å². The average Bonchev–Trinajstić information content (AvgIpc) is 2.78. The van der Waals surface area contributed by atoms with Gasteiger partial charge in [0.15, 0.2) is 0 Å². The molecule has 0 spiro atoms. The van der Waals surface area contributed by atoms with Crippen molar-refractivity contribution in [2.24, 2.45) is 0 Å². The molecular weight excluding hydrogens is 238 g/mol. The Morgan fingerprint density at radius 1 is 1.35 bits per heavy atom. The highest BCUT2D eigenvalue weighted by Crippen LogP contribution is 2.14. The number of aromatic nitrogens is 4. The van der Waals surface area contributed by atoms with Crippen LogP contribution in [0.3, 0.4) is 0 Å². The molecule has 2 aromatic rings. The van der Waals surface area contributed by atoms with Crippen LogP contribution in [0.5, 0.6) is 0 Å². The third-order valence-electron chi connectivity index (χ3n) is 2.32. The first-order chi connectivity index (χ1) is 8.18. The molecule has 0 fully saturated rings. The van der Waals surface area contributed by atoms with Gasteiger partial charge in [0.1, 0.15) is 0 Å². The number of hydrogen-bond donors (Lipinski definition) is 0. The van der Waals surface area contributed by atoms with Gasteiger partial charge in [-0.05, 0) is 29.5 Å². The van der Waals surface area contributed by atoms with Gasteiger partial charge in [0.2, 0.25) is 5.95 Å². The Morgan fingerprint density at radius 2 is 2.06 bits per heavy atom. The zero-order valence-electron chi connectivity index (χ0n) is 9.79. The molecule has 1 unspecified atom stereocenters. The van der Waals surface area contributed by atoms with Crippen LogP contribution in [0.4, 0.5) is 5.95 Å². The maximum Gasteiger partial charge on any atom is 0.250 e. The van der Waals surface area contributed by atoms with Crippen molar-refractivity contribution in [1.29, 1.82) is 0 Å². The summed E-state index contributed by atoms with van der Waals surface area (Å²) in [5, 5.41) is 11.7. The van der Waals surface area contributed by atoms with Crippen LogP contribution in [-0.2, 0) is 0 Å². The number of anilines is 1. The Balaban J connectivity index is 2.29. The van der Waals surface area contributed by atoms with Crippen molar-refractivity contribution in [2.45, 2.75) is 12.3 Å². The second-order valence-corrected chi connectivity index (χ2v) is 4.63. The van der Waals surface area contributed by atoms with Gasteiger partial charge in [0, 0.05) is 19.0 Å². The SMILES string of the molecule is CC(Cl)CN(C)c1nnnn1-c1ccccc1. The number of rotatable bonds is 4. The molecule has 17 heavy (non-hydrogen) atoms. The van der Waals surface area contributed by atoms with E-state index in [0.29, 0.717) is 12.5 Å². The smallest absolute Gasteiger partial charge is 0.250 e. The molecule has 90 valence electrons. The van der Waals surface area contributed by atoms with Crippen LogP contribution in [0.1, 0.15) is 6.92 Å². The summed E-state index contributed by atoms with van der Waals surface area (Å²) in [4.78, 5) is 1.94. The summed E-state index contributed by atoms with van der Waals surface area (Å²) in [5.74, 6) is 0.684. The van der Waals surface area contributed by atoms with E-state index in [4.69, 9.17) is 11.6 Å². The van der Waals surface area contributed by atoms with Gasteiger partial charge in [-0.2, -0.15) is 4.68 Å². The van der Waals surface area contributed by atoms with Crippen molar-refractivity contribution >= 4 is 17.5 Å². The van der Waals surface area contributed by atoms with Crippen molar-refractivity contribution in [1.82, 2.24) is 20.2 Å². The zero-order chi connectivity index (χ0) is 12.3. The first-order valence-electron chi connectivity index (χ1n) is 5.37. The lowest BCUT2D eigenvalue weighted by molar-refractivity contribution is 0.764. The molecule has 1 heterocycles. The molecule has 0 saturated heterocycles. The van der Waals surface area contributed by atoms with Gasteiger partial charge in [-0.3, -0.25) is 0 Å². The quantitative estimate of drug-likeness (QED) is 0.777. The number of halogens is 1. The van der Waals surface area contributed by atoms with Crippen molar-refractivity contribution in [3.05, 3.63) is 30.3 Å². The Labute approximate surface area is 105 Å². The lowest BCUT2D eigenvalue weighted by atomic mass is 10.3. The maximum atomic E-state index is 5.97. The van der Waals surface area contributed by atoms with Crippen molar-refractivity contribution in [3.63, 3.8) is 0 Å². The number of hydrogen-bond acceptors (Lipinski definition) is 4. The summed E-state index contributed by atoms with van der Waals surface area (Å²) in [6.45, 7) is 2.63. The van der Waals surface area contributed by atoms with Crippen LogP contribution in [0.15, 0.2) is 30.3 Å². The molecule has 0 bridgehead atoms. The van der Waals surface area contributed by atoms with Gasteiger partial charge in [0.05, 0.1) is 5.69 Å². The van der Waals surface area contributed by atoms with E-state index in [0.717, 1.165) is 5.69 Å². The minimum atomic E-state index is 0.0425. The average molecular weight is 252 g/mol. The van der Waals surface area contributed by atoms with Gasteiger partial charge in [-0.1, -0.05) is 23.3 Å². The fourth-order valence-corrected chi connectivity index (χ4v) is 1.82. The first kappa shape index (κ1) is 11.9. The molecule has 0 saturated carbocycles. The van der Waals surface area contributed by atoms with Crippen LogP contribution in [0.25, 0.3) is 5.69 Å². The second-order valence-electron chi connectivity index (χ2n) is 3.89. The van der Waals surface area contributed by atoms with E-state index in [1.54, 1.807) is 4.68 Å². The monoisotopic (exact) mass is 251 g/mol. The van der Waals surface area contributed by atoms with Crippen LogP contribution < -0.4 is 4.90 Å². The predicted octanol–water partition coefficient (Wildman–Crippen LogP) is 1.73. The van der Waals surface area contributed by atoms with Crippen LogP contribution in [0.2, 0.25) is 0 Å². The summed E-state index contributed by atoms with van der Waals surface area (Å²) in [5.41, 5.74) is 0.932. The Bertz CT molecular complexity index is 468. The van der Waals surface area contributed by atoms with Gasteiger partial charge >= 0.3 is 0 Å². The Kier molecular flexibility index (Phi) is 3.58. The molecule has 0 aliphatic rings. The molecular formula is C11H14ClN5. The molecule has 0 N–H and O–H groups in total. The molecule has 1 aromatic carbocycles. The molecule has 0 amide bonds. The third kappa shape index (κ3) is 2.74. The molecule has 2 rings (SSSR count). The van der Waals surface area contributed by atoms with Gasteiger partial charge in [-0.15, -0.1) is 11.6 Å². The normalized spacial score (nSPS) is 12.4.